The quantitative estimate of drug-likeness (QED) is 0.495. The lowest BCUT2D eigenvalue weighted by molar-refractivity contribution is 0.102. The van der Waals surface area contributed by atoms with E-state index in [1.54, 1.807) is 22.9 Å². The van der Waals surface area contributed by atoms with Crippen molar-refractivity contribution in [1.29, 1.82) is 0 Å². The number of para-hydroxylation sites is 1. The molecule has 0 saturated carbocycles. The zero-order valence-electron chi connectivity index (χ0n) is 14.8. The molecule has 0 N–H and O–H groups in total. The molecule has 27 heavy (non-hydrogen) atoms. The van der Waals surface area contributed by atoms with Gasteiger partial charge < -0.3 is 9.47 Å². The summed E-state index contributed by atoms with van der Waals surface area (Å²) in [7, 11) is 0. The first kappa shape index (κ1) is 17.5. The van der Waals surface area contributed by atoms with Crippen LogP contribution in [0.15, 0.2) is 47.6 Å². The van der Waals surface area contributed by atoms with Crippen LogP contribution >= 0.6 is 11.8 Å². The number of hydrogen-bond donors (Lipinski definition) is 0. The van der Waals surface area contributed by atoms with Gasteiger partial charge in [-0.1, -0.05) is 30.0 Å². The summed E-state index contributed by atoms with van der Waals surface area (Å²) in [6, 6.07) is 13.1. The van der Waals surface area contributed by atoms with E-state index in [1.165, 1.54) is 11.8 Å². The van der Waals surface area contributed by atoms with Crippen LogP contribution in [0, 0.1) is 6.92 Å². The van der Waals surface area contributed by atoms with Crippen LogP contribution in [0.4, 0.5) is 0 Å². The average molecular weight is 382 g/mol. The van der Waals surface area contributed by atoms with Crippen molar-refractivity contribution in [3.05, 3.63) is 53.6 Å². The minimum Gasteiger partial charge on any atom is -0.490 e. The highest BCUT2D eigenvalue weighted by atomic mass is 32.2. The van der Waals surface area contributed by atoms with Gasteiger partial charge in [-0.05, 0) is 47.2 Å². The van der Waals surface area contributed by atoms with Gasteiger partial charge in [0.05, 0.1) is 24.7 Å². The number of thioether (sulfide) groups is 1. The maximum atomic E-state index is 12.6. The van der Waals surface area contributed by atoms with Crippen LogP contribution in [-0.2, 0) is 0 Å². The van der Waals surface area contributed by atoms with E-state index in [4.69, 9.17) is 9.47 Å². The smallest absolute Gasteiger partial charge is 0.214 e. The van der Waals surface area contributed by atoms with Crippen molar-refractivity contribution in [3.8, 4) is 17.2 Å². The van der Waals surface area contributed by atoms with Crippen molar-refractivity contribution in [2.24, 2.45) is 0 Å². The van der Waals surface area contributed by atoms with Gasteiger partial charge in [0.15, 0.2) is 17.3 Å². The maximum absolute atomic E-state index is 12.6. The Kier molecular flexibility index (Phi) is 5.06. The van der Waals surface area contributed by atoms with Crippen molar-refractivity contribution in [2.75, 3.05) is 19.0 Å². The number of aryl methyl sites for hydroxylation is 1. The molecule has 1 aromatic heterocycles. The van der Waals surface area contributed by atoms with E-state index in [9.17, 15) is 4.79 Å². The topological polar surface area (TPSA) is 79.1 Å². The molecule has 138 valence electrons. The number of hydrogen-bond acceptors (Lipinski definition) is 7. The number of ketones is 1. The van der Waals surface area contributed by atoms with Crippen LogP contribution in [0.25, 0.3) is 5.69 Å². The Bertz CT molecular complexity index is 973. The molecular formula is C19H18N4O3S. The average Bonchev–Trinajstić information content (AvgIpc) is 3.02. The zero-order chi connectivity index (χ0) is 18.6. The molecule has 0 amide bonds. The SMILES string of the molecule is Cc1ccccc1-n1nnnc1SCC(=O)c1ccc2c(c1)OCCCO2. The fourth-order valence-electron chi connectivity index (χ4n) is 2.77. The molecule has 1 aliphatic heterocycles. The van der Waals surface area contributed by atoms with E-state index in [1.807, 2.05) is 31.2 Å². The van der Waals surface area contributed by atoms with Gasteiger partial charge in [-0.15, -0.1) is 5.10 Å². The summed E-state index contributed by atoms with van der Waals surface area (Å²) in [6.45, 7) is 3.21. The number of benzene rings is 2. The molecule has 2 heterocycles. The van der Waals surface area contributed by atoms with Crippen molar-refractivity contribution in [3.63, 3.8) is 0 Å². The van der Waals surface area contributed by atoms with E-state index in [2.05, 4.69) is 15.5 Å². The van der Waals surface area contributed by atoms with E-state index in [0.29, 0.717) is 35.4 Å². The second kappa shape index (κ2) is 7.79. The first-order chi connectivity index (χ1) is 13.2. The number of Topliss-reactive ketones (excluding diaryl/α,β-unsaturated/α-hetero) is 1. The van der Waals surface area contributed by atoms with Crippen LogP contribution in [0.5, 0.6) is 11.5 Å². The summed E-state index contributed by atoms with van der Waals surface area (Å²) in [4.78, 5) is 12.6. The molecule has 0 fully saturated rings. The summed E-state index contributed by atoms with van der Waals surface area (Å²) in [6.07, 6.45) is 0.829. The highest BCUT2D eigenvalue weighted by molar-refractivity contribution is 7.99. The Hall–Kier alpha value is -2.87. The van der Waals surface area contributed by atoms with Crippen LogP contribution in [-0.4, -0.2) is 45.0 Å². The van der Waals surface area contributed by atoms with Crippen LogP contribution in [0.2, 0.25) is 0 Å². The summed E-state index contributed by atoms with van der Waals surface area (Å²) in [5, 5.41) is 12.4. The first-order valence-electron chi connectivity index (χ1n) is 8.62. The number of fused-ring (bicyclic) bond motifs is 1. The van der Waals surface area contributed by atoms with E-state index in [0.717, 1.165) is 17.7 Å². The number of aromatic nitrogens is 4. The second-order valence-electron chi connectivity index (χ2n) is 6.08. The van der Waals surface area contributed by atoms with Gasteiger partial charge in [0.25, 0.3) is 0 Å². The standard InChI is InChI=1S/C19H18N4O3S/c1-13-5-2-3-6-15(13)23-19(20-21-22-23)27-12-16(24)14-7-8-17-18(11-14)26-10-4-9-25-17/h2-3,5-8,11H,4,9-10,12H2,1H3. The van der Waals surface area contributed by atoms with Gasteiger partial charge >= 0.3 is 0 Å². The summed E-state index contributed by atoms with van der Waals surface area (Å²) < 4.78 is 12.9. The maximum Gasteiger partial charge on any atom is 0.214 e. The van der Waals surface area contributed by atoms with Crippen molar-refractivity contribution < 1.29 is 14.3 Å². The monoisotopic (exact) mass is 382 g/mol. The van der Waals surface area contributed by atoms with Crippen molar-refractivity contribution in [2.45, 2.75) is 18.5 Å². The molecular weight excluding hydrogens is 364 g/mol. The van der Waals surface area contributed by atoms with Gasteiger partial charge in [-0.2, -0.15) is 4.68 Å². The first-order valence-corrected chi connectivity index (χ1v) is 9.61. The van der Waals surface area contributed by atoms with Crippen LogP contribution in [0.3, 0.4) is 0 Å². The Morgan fingerprint density at radius 3 is 2.81 bits per heavy atom. The van der Waals surface area contributed by atoms with Crippen LogP contribution < -0.4 is 9.47 Å². The van der Waals surface area contributed by atoms with Gasteiger partial charge in [-0.3, -0.25) is 4.79 Å². The highest BCUT2D eigenvalue weighted by Crippen LogP contribution is 2.31. The second-order valence-corrected chi connectivity index (χ2v) is 7.03. The lowest BCUT2D eigenvalue weighted by Crippen LogP contribution is -2.06. The largest absolute Gasteiger partial charge is 0.490 e. The molecule has 7 nitrogen and oxygen atoms in total. The fraction of sp³-hybridized carbons (Fsp3) is 0.263. The molecule has 0 bridgehead atoms. The molecule has 0 unspecified atom stereocenters. The summed E-state index contributed by atoms with van der Waals surface area (Å²) >= 11 is 1.31. The van der Waals surface area contributed by atoms with Gasteiger partial charge in [0, 0.05) is 12.0 Å². The third-order valence-corrected chi connectivity index (χ3v) is 5.11. The highest BCUT2D eigenvalue weighted by Gasteiger charge is 2.17. The number of rotatable bonds is 5. The predicted molar refractivity (Wildman–Crippen MR) is 101 cm³/mol. The molecule has 4 rings (SSSR count). The molecule has 0 saturated heterocycles. The predicted octanol–water partition coefficient (Wildman–Crippen LogP) is 3.11. The van der Waals surface area contributed by atoms with E-state index in [-0.39, 0.29) is 11.5 Å². The van der Waals surface area contributed by atoms with Crippen molar-refractivity contribution in [1.82, 2.24) is 20.2 Å². The number of carbonyl (C=O) groups excluding carboxylic acids is 1. The van der Waals surface area contributed by atoms with Crippen molar-refractivity contribution >= 4 is 17.5 Å². The Balaban J connectivity index is 1.49. The number of carbonyl (C=O) groups is 1. The normalized spacial score (nSPS) is 13.2. The van der Waals surface area contributed by atoms with Gasteiger partial charge in [0.2, 0.25) is 5.16 Å². The lowest BCUT2D eigenvalue weighted by Gasteiger charge is -2.09. The Labute approximate surface area is 160 Å². The Morgan fingerprint density at radius 2 is 1.96 bits per heavy atom. The van der Waals surface area contributed by atoms with E-state index >= 15 is 0 Å². The number of tetrazole rings is 1. The van der Waals surface area contributed by atoms with Gasteiger partial charge in [0.1, 0.15) is 0 Å². The minimum absolute atomic E-state index is 0.0185. The fourth-order valence-corrected chi connectivity index (χ4v) is 3.55. The molecule has 0 atom stereocenters. The Morgan fingerprint density at radius 1 is 1.15 bits per heavy atom. The number of nitrogens with zero attached hydrogens (tertiary/aromatic N) is 4. The minimum atomic E-state index is -0.0185. The van der Waals surface area contributed by atoms with E-state index < -0.39 is 0 Å². The van der Waals surface area contributed by atoms with Gasteiger partial charge in [-0.25, -0.2) is 0 Å². The molecule has 0 aliphatic carbocycles. The lowest BCUT2D eigenvalue weighted by atomic mass is 10.1. The van der Waals surface area contributed by atoms with Crippen LogP contribution in [0.1, 0.15) is 22.3 Å². The molecule has 3 aromatic rings. The third-order valence-electron chi connectivity index (χ3n) is 4.19. The molecule has 0 spiro atoms. The third kappa shape index (κ3) is 3.80. The zero-order valence-corrected chi connectivity index (χ0v) is 15.6. The molecule has 2 aromatic carbocycles. The summed E-state index contributed by atoms with van der Waals surface area (Å²) in [5.41, 5.74) is 2.54. The summed E-state index contributed by atoms with van der Waals surface area (Å²) in [5.74, 6) is 1.51. The molecule has 1 aliphatic rings. The number of ether oxygens (including phenoxy) is 2. The molecule has 8 heteroatoms. The molecule has 0 radical (unpaired) electrons.